The minimum absolute atomic E-state index is 0.129. The first-order valence-corrected chi connectivity index (χ1v) is 7.90. The molecule has 1 N–H and O–H groups in total. The first-order valence-electron chi connectivity index (χ1n) is 7.90. The maximum absolute atomic E-state index is 12.6. The van der Waals surface area contributed by atoms with Gasteiger partial charge in [-0.15, -0.1) is 0 Å². The number of esters is 1. The van der Waals surface area contributed by atoms with Gasteiger partial charge in [-0.25, -0.2) is 4.79 Å². The van der Waals surface area contributed by atoms with Crippen molar-refractivity contribution >= 4 is 17.9 Å². The van der Waals surface area contributed by atoms with Crippen LogP contribution >= 0.6 is 0 Å². The molecule has 0 aromatic rings. The first-order chi connectivity index (χ1) is 10.0. The van der Waals surface area contributed by atoms with E-state index in [1.807, 2.05) is 0 Å². The molecule has 2 saturated carbocycles. The van der Waals surface area contributed by atoms with E-state index in [1.54, 1.807) is 0 Å². The second-order valence-electron chi connectivity index (χ2n) is 7.00. The number of cyclic esters (lactones) is 1. The normalized spacial score (nSPS) is 32.7. The SMILES string of the molecule is O=C1NC2(CCCC2)C(=O)N1CC1CC2(CCC2)C(=O)O1. The predicted octanol–water partition coefficient (Wildman–Crippen LogP) is 1.34. The van der Waals surface area contributed by atoms with Gasteiger partial charge in [-0.2, -0.15) is 0 Å². The van der Waals surface area contributed by atoms with Gasteiger partial charge >= 0.3 is 12.0 Å². The third-order valence-corrected chi connectivity index (χ3v) is 5.72. The predicted molar refractivity (Wildman–Crippen MR) is 72.2 cm³/mol. The van der Waals surface area contributed by atoms with Crippen LogP contribution in [0.15, 0.2) is 0 Å². The van der Waals surface area contributed by atoms with Crippen molar-refractivity contribution in [3.05, 3.63) is 0 Å². The molecule has 1 unspecified atom stereocenters. The molecule has 4 rings (SSSR count). The average molecular weight is 292 g/mol. The van der Waals surface area contributed by atoms with E-state index in [0.29, 0.717) is 6.42 Å². The van der Waals surface area contributed by atoms with E-state index in [2.05, 4.69) is 5.32 Å². The minimum atomic E-state index is -0.673. The molecule has 2 saturated heterocycles. The van der Waals surface area contributed by atoms with Crippen LogP contribution in [0.3, 0.4) is 0 Å². The van der Waals surface area contributed by atoms with Crippen molar-refractivity contribution in [3.63, 3.8) is 0 Å². The number of urea groups is 1. The van der Waals surface area contributed by atoms with Crippen LogP contribution in [0.4, 0.5) is 4.79 Å². The molecule has 0 bridgehead atoms. The fourth-order valence-corrected chi connectivity index (χ4v) is 4.31. The summed E-state index contributed by atoms with van der Waals surface area (Å²) in [6.45, 7) is 0.208. The quantitative estimate of drug-likeness (QED) is 0.615. The lowest BCUT2D eigenvalue weighted by Gasteiger charge is -2.33. The number of amides is 3. The summed E-state index contributed by atoms with van der Waals surface area (Å²) >= 11 is 0. The van der Waals surface area contributed by atoms with Crippen LogP contribution in [0.1, 0.15) is 51.4 Å². The van der Waals surface area contributed by atoms with E-state index in [1.165, 1.54) is 4.90 Å². The highest BCUT2D eigenvalue weighted by atomic mass is 16.6. The summed E-state index contributed by atoms with van der Waals surface area (Å²) in [5.74, 6) is -0.267. The van der Waals surface area contributed by atoms with E-state index in [9.17, 15) is 14.4 Å². The van der Waals surface area contributed by atoms with Crippen LogP contribution in [0.5, 0.6) is 0 Å². The summed E-state index contributed by atoms with van der Waals surface area (Å²) in [6, 6.07) is -0.326. The largest absolute Gasteiger partial charge is 0.460 e. The number of hydrogen-bond acceptors (Lipinski definition) is 4. The van der Waals surface area contributed by atoms with Crippen LogP contribution in [0.25, 0.3) is 0 Å². The summed E-state index contributed by atoms with van der Waals surface area (Å²) in [5.41, 5.74) is -0.983. The first kappa shape index (κ1) is 13.1. The Morgan fingerprint density at radius 1 is 1.10 bits per heavy atom. The number of carbonyl (C=O) groups excluding carboxylic acids is 3. The Balaban J connectivity index is 1.47. The van der Waals surface area contributed by atoms with Crippen molar-refractivity contribution in [1.82, 2.24) is 10.2 Å². The topological polar surface area (TPSA) is 75.7 Å². The van der Waals surface area contributed by atoms with Gasteiger partial charge in [0.2, 0.25) is 0 Å². The maximum Gasteiger partial charge on any atom is 0.325 e. The molecule has 1 atom stereocenters. The number of carbonyl (C=O) groups is 3. The smallest absolute Gasteiger partial charge is 0.325 e. The average Bonchev–Trinajstić information content (AvgIpc) is 3.04. The molecule has 0 aromatic carbocycles. The van der Waals surface area contributed by atoms with Gasteiger partial charge in [0.15, 0.2) is 0 Å². The number of rotatable bonds is 2. The van der Waals surface area contributed by atoms with Crippen LogP contribution in [0.2, 0.25) is 0 Å². The zero-order valence-electron chi connectivity index (χ0n) is 12.0. The molecule has 4 fully saturated rings. The van der Waals surface area contributed by atoms with Crippen LogP contribution in [-0.4, -0.2) is 41.0 Å². The molecule has 2 aliphatic heterocycles. The van der Waals surface area contributed by atoms with E-state index in [0.717, 1.165) is 44.9 Å². The zero-order chi connectivity index (χ0) is 14.7. The minimum Gasteiger partial charge on any atom is -0.460 e. The maximum atomic E-state index is 12.6. The van der Waals surface area contributed by atoms with Crippen LogP contribution < -0.4 is 5.32 Å². The summed E-state index contributed by atoms with van der Waals surface area (Å²) in [6.07, 6.45) is 6.54. The Bertz CT molecular complexity index is 520. The van der Waals surface area contributed by atoms with Gasteiger partial charge < -0.3 is 10.1 Å². The highest BCUT2D eigenvalue weighted by Gasteiger charge is 2.56. The Morgan fingerprint density at radius 3 is 2.38 bits per heavy atom. The summed E-state index contributed by atoms with van der Waals surface area (Å²) < 4.78 is 5.42. The van der Waals surface area contributed by atoms with Gasteiger partial charge in [0.25, 0.3) is 5.91 Å². The lowest BCUT2D eigenvalue weighted by molar-refractivity contribution is -0.153. The Hall–Kier alpha value is -1.59. The van der Waals surface area contributed by atoms with Crippen molar-refractivity contribution in [2.75, 3.05) is 6.54 Å². The van der Waals surface area contributed by atoms with Gasteiger partial charge in [0.1, 0.15) is 11.6 Å². The third-order valence-electron chi connectivity index (χ3n) is 5.72. The van der Waals surface area contributed by atoms with Crippen molar-refractivity contribution in [2.24, 2.45) is 5.41 Å². The third kappa shape index (κ3) is 1.74. The molecule has 2 aliphatic carbocycles. The number of nitrogens with one attached hydrogen (secondary N) is 1. The van der Waals surface area contributed by atoms with E-state index >= 15 is 0 Å². The van der Waals surface area contributed by atoms with Crippen molar-refractivity contribution in [2.45, 2.75) is 63.0 Å². The highest BCUT2D eigenvalue weighted by Crippen LogP contribution is 2.50. The molecule has 0 radical (unpaired) electrons. The summed E-state index contributed by atoms with van der Waals surface area (Å²) in [5, 5.41) is 2.86. The zero-order valence-corrected chi connectivity index (χ0v) is 12.0. The van der Waals surface area contributed by atoms with Gasteiger partial charge in [-0.3, -0.25) is 14.5 Å². The fourth-order valence-electron chi connectivity index (χ4n) is 4.31. The molecule has 114 valence electrons. The molecule has 21 heavy (non-hydrogen) atoms. The van der Waals surface area contributed by atoms with Gasteiger partial charge in [-0.05, 0) is 25.7 Å². The number of ether oxygens (including phenoxy) is 1. The molecule has 3 amide bonds. The number of hydrogen-bond donors (Lipinski definition) is 1. The number of nitrogens with zero attached hydrogens (tertiary/aromatic N) is 1. The number of imide groups is 1. The van der Waals surface area contributed by atoms with E-state index < -0.39 is 5.54 Å². The summed E-state index contributed by atoms with van der Waals surface area (Å²) in [4.78, 5) is 37.9. The van der Waals surface area contributed by atoms with Crippen molar-refractivity contribution in [3.8, 4) is 0 Å². The fraction of sp³-hybridized carbons (Fsp3) is 0.800. The second kappa shape index (κ2) is 4.21. The Morgan fingerprint density at radius 2 is 1.81 bits per heavy atom. The standard InChI is InChI=1S/C15H20N2O4/c18-11-15(6-1-2-7-15)16-13(20)17(11)9-10-8-14(4-3-5-14)12(19)21-10/h10H,1-9H2,(H,16,20). The molecule has 2 spiro atoms. The molecule has 6 heteroatoms. The molecular weight excluding hydrogens is 272 g/mol. The summed E-state index contributed by atoms with van der Waals surface area (Å²) in [7, 11) is 0. The lowest BCUT2D eigenvalue weighted by Crippen LogP contribution is -2.44. The molecule has 2 heterocycles. The van der Waals surface area contributed by atoms with Crippen molar-refractivity contribution in [1.29, 1.82) is 0 Å². The van der Waals surface area contributed by atoms with Gasteiger partial charge in [0.05, 0.1) is 12.0 Å². The monoisotopic (exact) mass is 292 g/mol. The molecule has 6 nitrogen and oxygen atoms in total. The Labute approximate surface area is 123 Å². The van der Waals surface area contributed by atoms with Crippen LogP contribution in [-0.2, 0) is 14.3 Å². The van der Waals surface area contributed by atoms with E-state index in [-0.39, 0.29) is 36.0 Å². The van der Waals surface area contributed by atoms with E-state index in [4.69, 9.17) is 4.74 Å². The van der Waals surface area contributed by atoms with Gasteiger partial charge in [-0.1, -0.05) is 19.3 Å². The van der Waals surface area contributed by atoms with Crippen molar-refractivity contribution < 1.29 is 19.1 Å². The lowest BCUT2D eigenvalue weighted by atomic mass is 9.67. The Kier molecular flexibility index (Phi) is 2.63. The highest BCUT2D eigenvalue weighted by molar-refractivity contribution is 6.07. The van der Waals surface area contributed by atoms with Crippen LogP contribution in [0, 0.1) is 5.41 Å². The van der Waals surface area contributed by atoms with Gasteiger partial charge in [0, 0.05) is 6.42 Å². The molecule has 4 aliphatic rings. The second-order valence-corrected chi connectivity index (χ2v) is 7.00. The molecular formula is C15H20N2O4. The molecule has 0 aromatic heterocycles.